The lowest BCUT2D eigenvalue weighted by Crippen LogP contribution is -2.49. The predicted molar refractivity (Wildman–Crippen MR) is 93.8 cm³/mol. The maximum absolute atomic E-state index is 12.3. The van der Waals surface area contributed by atoms with Crippen LogP contribution in [0.4, 0.5) is 0 Å². The summed E-state index contributed by atoms with van der Waals surface area (Å²) in [6, 6.07) is 8.15. The summed E-state index contributed by atoms with van der Waals surface area (Å²) >= 11 is 5.94. The summed E-state index contributed by atoms with van der Waals surface area (Å²) in [4.78, 5) is 16.4. The smallest absolute Gasteiger partial charge is 0.236 e. The summed E-state index contributed by atoms with van der Waals surface area (Å²) in [5.41, 5.74) is 1.21. The third-order valence-electron chi connectivity index (χ3n) is 4.03. The molecule has 0 aliphatic carbocycles. The highest BCUT2D eigenvalue weighted by Crippen LogP contribution is 2.24. The van der Waals surface area contributed by atoms with Crippen molar-refractivity contribution in [2.75, 3.05) is 39.8 Å². The predicted octanol–water partition coefficient (Wildman–Crippen LogP) is 2.58. The molecule has 1 N–H and O–H groups in total. The zero-order valence-corrected chi connectivity index (χ0v) is 14.8. The van der Waals surface area contributed by atoms with Crippen molar-refractivity contribution < 1.29 is 4.79 Å². The van der Waals surface area contributed by atoms with Crippen molar-refractivity contribution in [1.29, 1.82) is 0 Å². The average molecular weight is 346 g/mol. The van der Waals surface area contributed by atoms with Crippen molar-refractivity contribution in [1.82, 2.24) is 15.1 Å². The average Bonchev–Trinajstić information content (AvgIpc) is 2.50. The van der Waals surface area contributed by atoms with E-state index < -0.39 is 0 Å². The minimum atomic E-state index is 0. The first-order valence-electron chi connectivity index (χ1n) is 7.56. The Kier molecular flexibility index (Phi) is 8.18. The molecule has 22 heavy (non-hydrogen) atoms. The van der Waals surface area contributed by atoms with Gasteiger partial charge in [-0.2, -0.15) is 0 Å². The molecule has 124 valence electrons. The zero-order valence-electron chi connectivity index (χ0n) is 13.2. The summed E-state index contributed by atoms with van der Waals surface area (Å²) in [7, 11) is 2.02. The monoisotopic (exact) mass is 345 g/mol. The lowest BCUT2D eigenvalue weighted by molar-refractivity contribution is -0.133. The fourth-order valence-electron chi connectivity index (χ4n) is 2.82. The molecule has 1 unspecified atom stereocenters. The first kappa shape index (κ1) is 19.2. The molecule has 1 atom stereocenters. The van der Waals surface area contributed by atoms with Crippen molar-refractivity contribution >= 4 is 29.9 Å². The van der Waals surface area contributed by atoms with Gasteiger partial charge in [0.2, 0.25) is 5.91 Å². The van der Waals surface area contributed by atoms with Crippen LogP contribution in [0.1, 0.15) is 24.9 Å². The highest BCUT2D eigenvalue weighted by molar-refractivity contribution is 6.30. The Labute approximate surface area is 144 Å². The molecule has 1 amide bonds. The van der Waals surface area contributed by atoms with E-state index in [1.807, 2.05) is 36.2 Å². The van der Waals surface area contributed by atoms with Crippen LogP contribution in [0.25, 0.3) is 0 Å². The summed E-state index contributed by atoms with van der Waals surface area (Å²) < 4.78 is 0. The number of nitrogens with one attached hydrogen (secondary N) is 1. The van der Waals surface area contributed by atoms with E-state index in [2.05, 4.69) is 17.1 Å². The van der Waals surface area contributed by atoms with E-state index in [9.17, 15) is 4.79 Å². The quantitative estimate of drug-likeness (QED) is 0.890. The van der Waals surface area contributed by atoms with E-state index in [1.54, 1.807) is 0 Å². The first-order chi connectivity index (χ1) is 10.1. The first-order valence-corrected chi connectivity index (χ1v) is 7.93. The molecule has 1 aliphatic rings. The van der Waals surface area contributed by atoms with Crippen molar-refractivity contribution in [3.8, 4) is 0 Å². The van der Waals surface area contributed by atoms with Gasteiger partial charge in [-0.3, -0.25) is 9.69 Å². The number of halogens is 2. The van der Waals surface area contributed by atoms with E-state index in [0.717, 1.165) is 37.6 Å². The van der Waals surface area contributed by atoms with Gasteiger partial charge in [-0.25, -0.2) is 0 Å². The van der Waals surface area contributed by atoms with Crippen LogP contribution in [0.3, 0.4) is 0 Å². The fourth-order valence-corrected chi connectivity index (χ4v) is 2.95. The fraction of sp³-hybridized carbons (Fsp3) is 0.562. The van der Waals surface area contributed by atoms with Crippen LogP contribution in [0.5, 0.6) is 0 Å². The third kappa shape index (κ3) is 5.13. The molecule has 0 aromatic heterocycles. The molecule has 0 bridgehead atoms. The number of carbonyl (C=O) groups is 1. The number of carbonyl (C=O) groups excluding carboxylic acids is 1. The Morgan fingerprint density at radius 2 is 1.91 bits per heavy atom. The Hall–Kier alpha value is -0.810. The molecule has 1 fully saturated rings. The van der Waals surface area contributed by atoms with Gasteiger partial charge < -0.3 is 10.2 Å². The Balaban J connectivity index is 0.00000242. The van der Waals surface area contributed by atoms with Crippen molar-refractivity contribution in [2.45, 2.75) is 19.4 Å². The van der Waals surface area contributed by atoms with Crippen LogP contribution in [0.2, 0.25) is 5.02 Å². The molecule has 0 spiro atoms. The van der Waals surface area contributed by atoms with Crippen LogP contribution in [-0.2, 0) is 4.79 Å². The molecule has 1 aromatic carbocycles. The second kappa shape index (κ2) is 9.36. The highest BCUT2D eigenvalue weighted by atomic mass is 35.5. The second-order valence-electron chi connectivity index (χ2n) is 5.52. The number of hydrogen-bond acceptors (Lipinski definition) is 3. The summed E-state index contributed by atoms with van der Waals surface area (Å²) in [5, 5.41) is 4.01. The molecule has 1 aliphatic heterocycles. The number of likely N-dealkylation sites (N-methyl/N-ethyl adjacent to an activating group) is 1. The highest BCUT2D eigenvalue weighted by Gasteiger charge is 2.21. The van der Waals surface area contributed by atoms with Gasteiger partial charge in [0.15, 0.2) is 0 Å². The van der Waals surface area contributed by atoms with Gasteiger partial charge in [0.1, 0.15) is 0 Å². The Morgan fingerprint density at radius 3 is 2.45 bits per heavy atom. The number of nitrogens with zero attached hydrogens (tertiary/aromatic N) is 2. The van der Waals surface area contributed by atoms with Gasteiger partial charge in [0.05, 0.1) is 6.54 Å². The normalized spacial score (nSPS) is 16.3. The maximum Gasteiger partial charge on any atom is 0.236 e. The molecule has 1 aromatic rings. The van der Waals surface area contributed by atoms with E-state index in [0.29, 0.717) is 6.54 Å². The molecule has 6 heteroatoms. The van der Waals surface area contributed by atoms with Crippen LogP contribution in [0, 0.1) is 0 Å². The number of amides is 1. The van der Waals surface area contributed by atoms with Crippen LogP contribution >= 0.6 is 24.0 Å². The summed E-state index contributed by atoms with van der Waals surface area (Å²) in [6.07, 6.45) is 0.965. The molecular formula is C16H25Cl2N3O. The number of benzene rings is 1. The molecule has 1 saturated heterocycles. The molecule has 1 heterocycles. The lowest BCUT2D eigenvalue weighted by Gasteiger charge is -2.32. The standard InChI is InChI=1S/C16H24ClN3O.ClH/c1-3-15(13-4-6-14(17)7-5-13)19(2)12-16(21)20-10-8-18-9-11-20;/h4-7,15,18H,3,8-12H2,1-2H3;1H. The van der Waals surface area contributed by atoms with Gasteiger partial charge >= 0.3 is 0 Å². The van der Waals surface area contributed by atoms with Gasteiger partial charge in [-0.15, -0.1) is 12.4 Å². The zero-order chi connectivity index (χ0) is 15.2. The van der Waals surface area contributed by atoms with Gasteiger partial charge in [-0.05, 0) is 31.2 Å². The maximum atomic E-state index is 12.3. The summed E-state index contributed by atoms with van der Waals surface area (Å²) in [5.74, 6) is 0.214. The van der Waals surface area contributed by atoms with Crippen LogP contribution in [-0.4, -0.2) is 55.5 Å². The topological polar surface area (TPSA) is 35.6 Å². The van der Waals surface area contributed by atoms with Crippen LogP contribution in [0.15, 0.2) is 24.3 Å². The van der Waals surface area contributed by atoms with Gasteiger partial charge in [0, 0.05) is 37.2 Å². The molecule has 0 radical (unpaired) electrons. The van der Waals surface area contributed by atoms with E-state index in [-0.39, 0.29) is 24.4 Å². The minimum absolute atomic E-state index is 0. The SMILES string of the molecule is CCC(c1ccc(Cl)cc1)N(C)CC(=O)N1CCNCC1.Cl. The minimum Gasteiger partial charge on any atom is -0.339 e. The van der Waals surface area contributed by atoms with E-state index in [4.69, 9.17) is 11.6 Å². The Morgan fingerprint density at radius 1 is 1.32 bits per heavy atom. The number of piperazine rings is 1. The second-order valence-corrected chi connectivity index (χ2v) is 5.96. The molecule has 2 rings (SSSR count). The molecule has 0 saturated carbocycles. The molecule has 4 nitrogen and oxygen atoms in total. The van der Waals surface area contributed by atoms with Gasteiger partial charge in [-0.1, -0.05) is 30.7 Å². The van der Waals surface area contributed by atoms with E-state index >= 15 is 0 Å². The third-order valence-corrected chi connectivity index (χ3v) is 4.28. The number of rotatable bonds is 5. The van der Waals surface area contributed by atoms with Crippen molar-refractivity contribution in [3.63, 3.8) is 0 Å². The summed E-state index contributed by atoms with van der Waals surface area (Å²) in [6.45, 7) is 6.01. The Bertz CT molecular complexity index is 461. The van der Waals surface area contributed by atoms with Crippen LogP contribution < -0.4 is 5.32 Å². The largest absolute Gasteiger partial charge is 0.339 e. The lowest BCUT2D eigenvalue weighted by atomic mass is 10.0. The van der Waals surface area contributed by atoms with E-state index in [1.165, 1.54) is 5.56 Å². The number of hydrogen-bond donors (Lipinski definition) is 1. The molecular weight excluding hydrogens is 321 g/mol. The van der Waals surface area contributed by atoms with Crippen molar-refractivity contribution in [3.05, 3.63) is 34.9 Å². The van der Waals surface area contributed by atoms with Crippen molar-refractivity contribution in [2.24, 2.45) is 0 Å². The van der Waals surface area contributed by atoms with Gasteiger partial charge in [0.25, 0.3) is 0 Å².